The van der Waals surface area contributed by atoms with Gasteiger partial charge in [-0.25, -0.2) is 0 Å². The van der Waals surface area contributed by atoms with E-state index in [0.717, 1.165) is 16.9 Å². The highest BCUT2D eigenvalue weighted by atomic mass is 16.5. The van der Waals surface area contributed by atoms with Crippen LogP contribution in [0.15, 0.2) is 30.9 Å². The van der Waals surface area contributed by atoms with Crippen molar-refractivity contribution >= 4 is 5.91 Å². The quantitative estimate of drug-likeness (QED) is 0.789. The number of nitrogens with one attached hydrogen (secondary N) is 1. The number of carbonyl (C=O) groups is 1. The zero-order chi connectivity index (χ0) is 12.1. The van der Waals surface area contributed by atoms with Crippen LogP contribution in [0.1, 0.15) is 24.1 Å². The van der Waals surface area contributed by atoms with Crippen molar-refractivity contribution in [3.05, 3.63) is 42.0 Å². The molecular weight excluding hydrogens is 202 g/mol. The number of benzene rings is 1. The van der Waals surface area contributed by atoms with Crippen LogP contribution in [0.25, 0.3) is 0 Å². The van der Waals surface area contributed by atoms with Gasteiger partial charge in [0, 0.05) is 5.56 Å². The van der Waals surface area contributed by atoms with E-state index in [1.165, 1.54) is 6.08 Å². The fraction of sp³-hybridized carbons (Fsp3) is 0.308. The minimum Gasteiger partial charge on any atom is -0.496 e. The summed E-state index contributed by atoms with van der Waals surface area (Å²) in [5.74, 6) is 0.596. The van der Waals surface area contributed by atoms with Crippen molar-refractivity contribution in [1.29, 1.82) is 0 Å². The molecule has 0 radical (unpaired) electrons. The van der Waals surface area contributed by atoms with Crippen LogP contribution in [0.3, 0.4) is 0 Å². The molecule has 16 heavy (non-hydrogen) atoms. The van der Waals surface area contributed by atoms with Crippen LogP contribution in [-0.2, 0) is 4.79 Å². The maximum Gasteiger partial charge on any atom is 0.243 e. The summed E-state index contributed by atoms with van der Waals surface area (Å²) in [5, 5.41) is 2.81. The molecule has 1 N–H and O–H groups in total. The van der Waals surface area contributed by atoms with Gasteiger partial charge in [0.25, 0.3) is 0 Å². The first-order valence-corrected chi connectivity index (χ1v) is 5.16. The topological polar surface area (TPSA) is 38.3 Å². The molecule has 0 saturated heterocycles. The van der Waals surface area contributed by atoms with E-state index < -0.39 is 0 Å². The Balaban J connectivity index is 2.96. The molecule has 0 fully saturated rings. The lowest BCUT2D eigenvalue weighted by molar-refractivity contribution is -0.117. The molecule has 0 aliphatic heterocycles. The maximum atomic E-state index is 11.2. The van der Waals surface area contributed by atoms with E-state index in [0.29, 0.717) is 0 Å². The summed E-state index contributed by atoms with van der Waals surface area (Å²) < 4.78 is 5.26. The molecule has 0 spiro atoms. The lowest BCUT2D eigenvalue weighted by Crippen LogP contribution is -2.24. The number of aryl methyl sites for hydroxylation is 1. The summed E-state index contributed by atoms with van der Waals surface area (Å²) >= 11 is 0. The van der Waals surface area contributed by atoms with Gasteiger partial charge in [0.2, 0.25) is 5.91 Å². The molecule has 0 aromatic heterocycles. The van der Waals surface area contributed by atoms with Gasteiger partial charge in [-0.1, -0.05) is 24.3 Å². The fourth-order valence-corrected chi connectivity index (χ4v) is 1.54. The van der Waals surface area contributed by atoms with Crippen molar-refractivity contribution < 1.29 is 9.53 Å². The molecule has 0 aliphatic rings. The Morgan fingerprint density at radius 2 is 2.25 bits per heavy atom. The predicted molar refractivity (Wildman–Crippen MR) is 64.5 cm³/mol. The predicted octanol–water partition coefficient (Wildman–Crippen LogP) is 2.37. The number of carbonyl (C=O) groups excluding carboxylic acids is 1. The van der Waals surface area contributed by atoms with Crippen LogP contribution in [0, 0.1) is 6.92 Å². The van der Waals surface area contributed by atoms with Crippen molar-refractivity contribution in [2.45, 2.75) is 19.9 Å². The first kappa shape index (κ1) is 12.3. The Morgan fingerprint density at radius 1 is 1.56 bits per heavy atom. The normalized spacial score (nSPS) is 11.7. The highest BCUT2D eigenvalue weighted by Crippen LogP contribution is 2.25. The van der Waals surface area contributed by atoms with E-state index in [2.05, 4.69) is 11.9 Å². The SMILES string of the molecule is C=CC(=O)N[C@H](C)c1cc(C)ccc1OC. The van der Waals surface area contributed by atoms with E-state index in [1.807, 2.05) is 32.0 Å². The molecule has 0 heterocycles. The Morgan fingerprint density at radius 3 is 2.81 bits per heavy atom. The van der Waals surface area contributed by atoms with Gasteiger partial charge in [-0.15, -0.1) is 0 Å². The standard InChI is InChI=1S/C13H17NO2/c1-5-13(15)14-10(3)11-8-9(2)6-7-12(11)16-4/h5-8,10H,1H2,2-4H3,(H,14,15)/t10-/m1/s1. The zero-order valence-corrected chi connectivity index (χ0v) is 9.91. The van der Waals surface area contributed by atoms with Crippen molar-refractivity contribution in [3.63, 3.8) is 0 Å². The molecule has 86 valence electrons. The largest absolute Gasteiger partial charge is 0.496 e. The Labute approximate surface area is 96.1 Å². The number of hydrogen-bond acceptors (Lipinski definition) is 2. The van der Waals surface area contributed by atoms with E-state index >= 15 is 0 Å². The van der Waals surface area contributed by atoms with Crippen LogP contribution in [0.5, 0.6) is 5.75 Å². The zero-order valence-electron chi connectivity index (χ0n) is 9.91. The van der Waals surface area contributed by atoms with Gasteiger partial charge in [-0.3, -0.25) is 4.79 Å². The van der Waals surface area contributed by atoms with Crippen LogP contribution in [0.4, 0.5) is 0 Å². The molecule has 1 rings (SSSR count). The first-order valence-electron chi connectivity index (χ1n) is 5.16. The number of ether oxygens (including phenoxy) is 1. The van der Waals surface area contributed by atoms with E-state index in [4.69, 9.17) is 4.74 Å². The van der Waals surface area contributed by atoms with Crippen LogP contribution < -0.4 is 10.1 Å². The minimum atomic E-state index is -0.184. The monoisotopic (exact) mass is 219 g/mol. The third kappa shape index (κ3) is 2.86. The number of rotatable bonds is 4. The van der Waals surface area contributed by atoms with Crippen molar-refractivity contribution in [2.24, 2.45) is 0 Å². The third-order valence-electron chi connectivity index (χ3n) is 2.40. The summed E-state index contributed by atoms with van der Waals surface area (Å²) in [5.41, 5.74) is 2.10. The summed E-state index contributed by atoms with van der Waals surface area (Å²) in [4.78, 5) is 11.2. The highest BCUT2D eigenvalue weighted by molar-refractivity contribution is 5.87. The fourth-order valence-electron chi connectivity index (χ4n) is 1.54. The second kappa shape index (κ2) is 5.35. The molecule has 0 unspecified atom stereocenters. The van der Waals surface area contributed by atoms with Crippen LogP contribution in [-0.4, -0.2) is 13.0 Å². The maximum absolute atomic E-state index is 11.2. The van der Waals surface area contributed by atoms with Gasteiger partial charge in [0.15, 0.2) is 0 Å². The van der Waals surface area contributed by atoms with E-state index in [1.54, 1.807) is 7.11 Å². The molecule has 3 heteroatoms. The smallest absolute Gasteiger partial charge is 0.243 e. The highest BCUT2D eigenvalue weighted by Gasteiger charge is 2.12. The molecule has 0 saturated carbocycles. The van der Waals surface area contributed by atoms with Crippen LogP contribution in [0.2, 0.25) is 0 Å². The lowest BCUT2D eigenvalue weighted by Gasteiger charge is -2.17. The number of amides is 1. The molecule has 1 atom stereocenters. The number of hydrogen-bond donors (Lipinski definition) is 1. The molecule has 3 nitrogen and oxygen atoms in total. The molecule has 1 aromatic carbocycles. The Bertz CT molecular complexity index is 399. The lowest BCUT2D eigenvalue weighted by atomic mass is 10.0. The van der Waals surface area contributed by atoms with Crippen molar-refractivity contribution in [2.75, 3.05) is 7.11 Å². The summed E-state index contributed by atoms with van der Waals surface area (Å²) in [6, 6.07) is 5.79. The van der Waals surface area contributed by atoms with Gasteiger partial charge in [0.05, 0.1) is 13.2 Å². The second-order valence-electron chi connectivity index (χ2n) is 3.68. The van der Waals surface area contributed by atoms with E-state index in [-0.39, 0.29) is 11.9 Å². The summed E-state index contributed by atoms with van der Waals surface area (Å²) in [6.07, 6.45) is 1.26. The molecule has 0 bridgehead atoms. The van der Waals surface area contributed by atoms with Gasteiger partial charge in [0.1, 0.15) is 5.75 Å². The molecular formula is C13H17NO2. The Kier molecular flexibility index (Phi) is 4.11. The van der Waals surface area contributed by atoms with Crippen molar-refractivity contribution in [1.82, 2.24) is 5.32 Å². The molecule has 1 aromatic rings. The number of methoxy groups -OCH3 is 1. The summed E-state index contributed by atoms with van der Waals surface area (Å²) in [7, 11) is 1.62. The second-order valence-corrected chi connectivity index (χ2v) is 3.68. The van der Waals surface area contributed by atoms with Gasteiger partial charge >= 0.3 is 0 Å². The average Bonchev–Trinajstić information content (AvgIpc) is 2.28. The van der Waals surface area contributed by atoms with Gasteiger partial charge in [-0.05, 0) is 26.0 Å². The van der Waals surface area contributed by atoms with Gasteiger partial charge < -0.3 is 10.1 Å². The first-order chi connectivity index (χ1) is 7.58. The summed E-state index contributed by atoms with van der Waals surface area (Å²) in [6.45, 7) is 7.34. The Hall–Kier alpha value is -1.77. The van der Waals surface area contributed by atoms with E-state index in [9.17, 15) is 4.79 Å². The molecule has 1 amide bonds. The third-order valence-corrected chi connectivity index (χ3v) is 2.40. The average molecular weight is 219 g/mol. The van der Waals surface area contributed by atoms with Gasteiger partial charge in [-0.2, -0.15) is 0 Å². The van der Waals surface area contributed by atoms with Crippen molar-refractivity contribution in [3.8, 4) is 5.75 Å². The molecule has 0 aliphatic carbocycles. The minimum absolute atomic E-state index is 0.0969. The van der Waals surface area contributed by atoms with Crippen LogP contribution >= 0.6 is 0 Å².